The van der Waals surface area contributed by atoms with Gasteiger partial charge in [-0.05, 0) is 37.8 Å². The fourth-order valence-corrected chi connectivity index (χ4v) is 3.22. The Hall–Kier alpha value is -1.25. The molecule has 0 amide bonds. The number of aryl methyl sites for hydroxylation is 1. The van der Waals surface area contributed by atoms with Gasteiger partial charge >= 0.3 is 0 Å². The zero-order valence-corrected chi connectivity index (χ0v) is 10.6. The van der Waals surface area contributed by atoms with E-state index in [-0.39, 0.29) is 0 Å². The first-order valence-corrected chi connectivity index (χ1v) is 6.77. The van der Waals surface area contributed by atoms with Crippen LogP contribution in [0, 0.1) is 6.92 Å². The average molecular weight is 231 g/mol. The number of nitrogens with one attached hydrogen (secondary N) is 2. The summed E-state index contributed by atoms with van der Waals surface area (Å²) in [4.78, 5) is 4.52. The van der Waals surface area contributed by atoms with Crippen molar-refractivity contribution in [3.8, 4) is 0 Å². The van der Waals surface area contributed by atoms with Crippen LogP contribution in [-0.4, -0.2) is 17.1 Å². The van der Waals surface area contributed by atoms with E-state index in [0.29, 0.717) is 5.54 Å². The molecule has 2 heterocycles. The lowest BCUT2D eigenvalue weighted by Crippen LogP contribution is -2.40. The van der Waals surface area contributed by atoms with Crippen LogP contribution >= 0.6 is 0 Å². The first-order chi connectivity index (χ1) is 8.29. The maximum Gasteiger partial charge on any atom is 0.150 e. The average Bonchev–Trinajstić information content (AvgIpc) is 2.51. The molecule has 92 valence electrons. The van der Waals surface area contributed by atoms with E-state index in [0.717, 1.165) is 12.4 Å². The first-order valence-electron chi connectivity index (χ1n) is 6.77. The van der Waals surface area contributed by atoms with E-state index in [4.69, 9.17) is 0 Å². The Morgan fingerprint density at radius 2 is 2.00 bits per heavy atom. The van der Waals surface area contributed by atoms with Crippen LogP contribution < -0.4 is 10.6 Å². The quantitative estimate of drug-likeness (QED) is 0.719. The Balaban J connectivity index is 1.93. The third-order valence-corrected chi connectivity index (χ3v) is 4.26. The highest BCUT2D eigenvalue weighted by Gasteiger charge is 2.34. The normalized spacial score (nSPS) is 22.2. The summed E-state index contributed by atoms with van der Waals surface area (Å²) in [5.74, 6) is 1.06. The summed E-state index contributed by atoms with van der Waals surface area (Å²) in [6, 6.07) is 2.08. The molecule has 3 nitrogen and oxygen atoms in total. The van der Waals surface area contributed by atoms with E-state index in [1.165, 1.54) is 49.8 Å². The third kappa shape index (κ3) is 1.99. The SMILES string of the molecule is Cc1ccnc2c1NCCC1(CCCCC1)N2. The van der Waals surface area contributed by atoms with Gasteiger partial charge in [0.1, 0.15) is 5.82 Å². The minimum atomic E-state index is 0.303. The van der Waals surface area contributed by atoms with Crippen LogP contribution in [0.15, 0.2) is 12.3 Å². The summed E-state index contributed by atoms with van der Waals surface area (Å²) in [5, 5.41) is 7.28. The van der Waals surface area contributed by atoms with Crippen molar-refractivity contribution in [3.05, 3.63) is 17.8 Å². The minimum absolute atomic E-state index is 0.303. The zero-order valence-electron chi connectivity index (χ0n) is 10.6. The van der Waals surface area contributed by atoms with Crippen LogP contribution in [0.5, 0.6) is 0 Å². The van der Waals surface area contributed by atoms with Crippen LogP contribution in [-0.2, 0) is 0 Å². The van der Waals surface area contributed by atoms with Crippen LogP contribution in [0.1, 0.15) is 44.1 Å². The molecule has 1 aromatic rings. The van der Waals surface area contributed by atoms with Gasteiger partial charge in [-0.2, -0.15) is 0 Å². The van der Waals surface area contributed by atoms with Crippen molar-refractivity contribution in [3.63, 3.8) is 0 Å². The molecule has 2 aliphatic rings. The van der Waals surface area contributed by atoms with Crippen LogP contribution in [0.3, 0.4) is 0 Å². The van der Waals surface area contributed by atoms with Crippen molar-refractivity contribution < 1.29 is 0 Å². The first kappa shape index (κ1) is 10.9. The summed E-state index contributed by atoms with van der Waals surface area (Å²) in [6.45, 7) is 3.21. The molecule has 3 heteroatoms. The third-order valence-electron chi connectivity index (χ3n) is 4.26. The summed E-state index contributed by atoms with van der Waals surface area (Å²) in [5.41, 5.74) is 2.79. The molecule has 1 aliphatic heterocycles. The largest absolute Gasteiger partial charge is 0.382 e. The number of nitrogens with zero attached hydrogens (tertiary/aromatic N) is 1. The second-order valence-corrected chi connectivity index (χ2v) is 5.49. The number of rotatable bonds is 0. The van der Waals surface area contributed by atoms with Gasteiger partial charge in [-0.3, -0.25) is 0 Å². The second kappa shape index (κ2) is 4.21. The fraction of sp³-hybridized carbons (Fsp3) is 0.643. The molecule has 0 aromatic carbocycles. The van der Waals surface area contributed by atoms with Crippen molar-refractivity contribution in [1.29, 1.82) is 0 Å². The number of hydrogen-bond donors (Lipinski definition) is 2. The van der Waals surface area contributed by atoms with E-state index in [1.807, 2.05) is 6.20 Å². The van der Waals surface area contributed by atoms with E-state index >= 15 is 0 Å². The van der Waals surface area contributed by atoms with Crippen molar-refractivity contribution in [1.82, 2.24) is 4.98 Å². The Morgan fingerprint density at radius 1 is 1.18 bits per heavy atom. The van der Waals surface area contributed by atoms with Gasteiger partial charge in [-0.1, -0.05) is 19.3 Å². The summed E-state index contributed by atoms with van der Waals surface area (Å²) in [7, 11) is 0. The van der Waals surface area contributed by atoms with Crippen molar-refractivity contribution in [2.75, 3.05) is 17.2 Å². The van der Waals surface area contributed by atoms with Gasteiger partial charge in [-0.15, -0.1) is 0 Å². The molecule has 2 N–H and O–H groups in total. The van der Waals surface area contributed by atoms with E-state index in [1.54, 1.807) is 0 Å². The van der Waals surface area contributed by atoms with E-state index < -0.39 is 0 Å². The van der Waals surface area contributed by atoms with Crippen molar-refractivity contribution in [2.24, 2.45) is 0 Å². The maximum absolute atomic E-state index is 4.52. The molecule has 1 aliphatic carbocycles. The standard InChI is InChI=1S/C14H21N3/c1-11-5-9-16-13-12(11)15-10-8-14(17-13)6-3-2-4-7-14/h5,9,15H,2-4,6-8,10H2,1H3,(H,16,17). The summed E-state index contributed by atoms with van der Waals surface area (Å²) >= 11 is 0. The Morgan fingerprint density at radius 3 is 2.82 bits per heavy atom. The molecule has 0 bridgehead atoms. The van der Waals surface area contributed by atoms with Gasteiger partial charge in [0, 0.05) is 18.3 Å². The molecule has 1 spiro atoms. The zero-order chi connectivity index (χ0) is 11.7. The van der Waals surface area contributed by atoms with Gasteiger partial charge in [0.25, 0.3) is 0 Å². The van der Waals surface area contributed by atoms with Gasteiger partial charge in [0.05, 0.1) is 5.69 Å². The van der Waals surface area contributed by atoms with Crippen molar-refractivity contribution in [2.45, 2.75) is 51.0 Å². The van der Waals surface area contributed by atoms with Crippen LogP contribution in [0.4, 0.5) is 11.5 Å². The number of aromatic nitrogens is 1. The fourth-order valence-electron chi connectivity index (χ4n) is 3.22. The molecular weight excluding hydrogens is 210 g/mol. The van der Waals surface area contributed by atoms with Gasteiger partial charge in [0.15, 0.2) is 0 Å². The molecule has 17 heavy (non-hydrogen) atoms. The van der Waals surface area contributed by atoms with Crippen LogP contribution in [0.2, 0.25) is 0 Å². The lowest BCUT2D eigenvalue weighted by molar-refractivity contribution is 0.312. The highest BCUT2D eigenvalue weighted by atomic mass is 15.1. The molecule has 0 atom stereocenters. The maximum atomic E-state index is 4.52. The predicted octanol–water partition coefficient (Wildman–Crippen LogP) is 3.32. The monoisotopic (exact) mass is 231 g/mol. The number of fused-ring (bicyclic) bond motifs is 1. The molecule has 1 fully saturated rings. The molecule has 1 saturated carbocycles. The Labute approximate surface area is 103 Å². The Bertz CT molecular complexity index is 408. The lowest BCUT2D eigenvalue weighted by atomic mass is 9.79. The van der Waals surface area contributed by atoms with Gasteiger partial charge in [-0.25, -0.2) is 4.98 Å². The molecule has 3 rings (SSSR count). The molecule has 1 aromatic heterocycles. The smallest absolute Gasteiger partial charge is 0.150 e. The van der Waals surface area contributed by atoms with Crippen molar-refractivity contribution >= 4 is 11.5 Å². The highest BCUT2D eigenvalue weighted by molar-refractivity contribution is 5.69. The summed E-state index contributed by atoms with van der Waals surface area (Å²) in [6.07, 6.45) is 9.81. The van der Waals surface area contributed by atoms with Gasteiger partial charge in [0.2, 0.25) is 0 Å². The lowest BCUT2D eigenvalue weighted by Gasteiger charge is -2.37. The number of anilines is 2. The molecule has 0 unspecified atom stereocenters. The highest BCUT2D eigenvalue weighted by Crippen LogP contribution is 2.38. The van der Waals surface area contributed by atoms with E-state index in [2.05, 4.69) is 28.6 Å². The molecule has 0 radical (unpaired) electrons. The van der Waals surface area contributed by atoms with E-state index in [9.17, 15) is 0 Å². The topological polar surface area (TPSA) is 37.0 Å². The second-order valence-electron chi connectivity index (χ2n) is 5.49. The number of hydrogen-bond acceptors (Lipinski definition) is 3. The Kier molecular flexibility index (Phi) is 2.69. The van der Waals surface area contributed by atoms with Gasteiger partial charge < -0.3 is 10.6 Å². The van der Waals surface area contributed by atoms with Crippen LogP contribution in [0.25, 0.3) is 0 Å². The number of pyridine rings is 1. The molecule has 0 saturated heterocycles. The predicted molar refractivity (Wildman–Crippen MR) is 71.5 cm³/mol. The molecular formula is C14H21N3. The minimum Gasteiger partial charge on any atom is -0.382 e. The summed E-state index contributed by atoms with van der Waals surface area (Å²) < 4.78 is 0.